The summed E-state index contributed by atoms with van der Waals surface area (Å²) in [4.78, 5) is 38.2. The van der Waals surface area contributed by atoms with Crippen molar-refractivity contribution in [1.82, 2.24) is 10.2 Å². The van der Waals surface area contributed by atoms with Gasteiger partial charge in [-0.15, -0.1) is 11.8 Å². The summed E-state index contributed by atoms with van der Waals surface area (Å²) in [6.45, 7) is 0.601. The van der Waals surface area contributed by atoms with E-state index in [-0.39, 0.29) is 30.8 Å². The summed E-state index contributed by atoms with van der Waals surface area (Å²) in [5, 5.41) is 12.2. The topological polar surface area (TPSA) is 95.9 Å². The number of carboxylic acid groups (broad SMARTS) is 1. The molecular weight excluding hydrogens is 452 g/mol. The summed E-state index contributed by atoms with van der Waals surface area (Å²) in [6.07, 6.45) is 1.82. The van der Waals surface area contributed by atoms with Crippen LogP contribution in [-0.4, -0.2) is 58.8 Å². The van der Waals surface area contributed by atoms with Crippen molar-refractivity contribution in [3.05, 3.63) is 59.7 Å². The summed E-state index contributed by atoms with van der Waals surface area (Å²) in [5.74, 6) is 0.103. The van der Waals surface area contributed by atoms with Gasteiger partial charge in [-0.2, -0.15) is 0 Å². The van der Waals surface area contributed by atoms with Crippen LogP contribution in [0.15, 0.2) is 48.5 Å². The molecule has 2 atom stereocenters. The lowest BCUT2D eigenvalue weighted by atomic mass is 9.98. The fourth-order valence-corrected chi connectivity index (χ4v) is 6.24. The lowest BCUT2D eigenvalue weighted by Gasteiger charge is -2.24. The maximum Gasteiger partial charge on any atom is 0.407 e. The number of ether oxygens (including phenoxy) is 1. The Labute approximate surface area is 202 Å². The SMILES string of the molecule is O=C(NCC(CC(=O)N1CSC[C@H]1C(=O)O)C1CC1)OCC1c2ccccc2-c2ccccc21. The van der Waals surface area contributed by atoms with Crippen LogP contribution in [0.4, 0.5) is 4.79 Å². The molecular formula is C26H28N2O5S. The van der Waals surface area contributed by atoms with Gasteiger partial charge in [0.2, 0.25) is 5.91 Å². The van der Waals surface area contributed by atoms with Crippen LogP contribution in [0.25, 0.3) is 11.1 Å². The molecule has 2 amide bonds. The Bertz CT molecular complexity index is 1060. The minimum Gasteiger partial charge on any atom is -0.480 e. The van der Waals surface area contributed by atoms with Crippen molar-refractivity contribution in [3.63, 3.8) is 0 Å². The Morgan fingerprint density at radius 3 is 2.32 bits per heavy atom. The molecule has 2 aliphatic carbocycles. The summed E-state index contributed by atoms with van der Waals surface area (Å²) in [7, 11) is 0. The lowest BCUT2D eigenvalue weighted by Crippen LogP contribution is -2.43. The minimum absolute atomic E-state index is 0.000393. The van der Waals surface area contributed by atoms with Crippen molar-refractivity contribution in [1.29, 1.82) is 0 Å². The number of alkyl carbamates (subject to hydrolysis) is 1. The highest BCUT2D eigenvalue weighted by molar-refractivity contribution is 7.99. The maximum atomic E-state index is 12.8. The number of hydrogen-bond acceptors (Lipinski definition) is 5. The smallest absolute Gasteiger partial charge is 0.407 e. The van der Waals surface area contributed by atoms with Gasteiger partial charge in [0.05, 0.1) is 5.88 Å². The standard InChI is InChI=1S/C26H28N2O5S/c29-24(28-15-34-14-23(28)25(30)31)11-17(16-9-10-16)12-27-26(32)33-13-22-20-7-3-1-5-18(20)19-6-2-4-8-21(19)22/h1-8,16-17,22-23H,9-15H2,(H,27,32)(H,30,31)/t17?,23-/m0/s1. The number of benzene rings is 2. The normalized spacial score (nSPS) is 19.9. The van der Waals surface area contributed by atoms with Crippen LogP contribution in [0, 0.1) is 11.8 Å². The Balaban J connectivity index is 1.16. The summed E-state index contributed by atoms with van der Waals surface area (Å²) in [6, 6.07) is 15.6. The van der Waals surface area contributed by atoms with Crippen LogP contribution in [-0.2, 0) is 14.3 Å². The molecule has 0 aromatic heterocycles. The van der Waals surface area contributed by atoms with Gasteiger partial charge in [-0.05, 0) is 46.9 Å². The molecule has 34 heavy (non-hydrogen) atoms. The second-order valence-electron chi connectivity index (χ2n) is 9.23. The molecule has 1 saturated heterocycles. The lowest BCUT2D eigenvalue weighted by molar-refractivity contribution is -0.148. The molecule has 1 saturated carbocycles. The number of nitrogens with zero attached hydrogens (tertiary/aromatic N) is 1. The molecule has 2 aromatic carbocycles. The highest BCUT2D eigenvalue weighted by atomic mass is 32.2. The van der Waals surface area contributed by atoms with Gasteiger partial charge in [-0.3, -0.25) is 4.79 Å². The first kappa shape index (κ1) is 22.8. The van der Waals surface area contributed by atoms with Gasteiger partial charge in [-0.25, -0.2) is 9.59 Å². The van der Waals surface area contributed by atoms with E-state index in [9.17, 15) is 19.5 Å². The van der Waals surface area contributed by atoms with Gasteiger partial charge in [0.1, 0.15) is 12.6 Å². The Kier molecular flexibility index (Phi) is 6.50. The number of hydrogen-bond donors (Lipinski definition) is 2. The van der Waals surface area contributed by atoms with Crippen LogP contribution in [0.5, 0.6) is 0 Å². The Hall–Kier alpha value is -3.00. The van der Waals surface area contributed by atoms with Crippen molar-refractivity contribution in [2.24, 2.45) is 11.8 Å². The third-order valence-corrected chi connectivity index (χ3v) is 8.08. The van der Waals surface area contributed by atoms with Gasteiger partial charge in [0.25, 0.3) is 0 Å². The van der Waals surface area contributed by atoms with Crippen LogP contribution >= 0.6 is 11.8 Å². The number of fused-ring (bicyclic) bond motifs is 3. The van der Waals surface area contributed by atoms with E-state index < -0.39 is 18.1 Å². The number of carbonyl (C=O) groups excluding carboxylic acids is 2. The fourth-order valence-electron chi connectivity index (χ4n) is 5.07. The van der Waals surface area contributed by atoms with E-state index in [0.29, 0.717) is 24.1 Å². The van der Waals surface area contributed by atoms with E-state index >= 15 is 0 Å². The Morgan fingerprint density at radius 2 is 1.71 bits per heavy atom. The van der Waals surface area contributed by atoms with Crippen molar-refractivity contribution >= 4 is 29.7 Å². The van der Waals surface area contributed by atoms with Crippen LogP contribution in [0.1, 0.15) is 36.3 Å². The quantitative estimate of drug-likeness (QED) is 0.595. The second kappa shape index (κ2) is 9.70. The molecule has 1 heterocycles. The van der Waals surface area contributed by atoms with Crippen molar-refractivity contribution in [2.45, 2.75) is 31.2 Å². The van der Waals surface area contributed by atoms with Crippen LogP contribution in [0.3, 0.4) is 0 Å². The third-order valence-electron chi connectivity index (χ3n) is 7.07. The van der Waals surface area contributed by atoms with Gasteiger partial charge in [0.15, 0.2) is 0 Å². The Morgan fingerprint density at radius 1 is 1.06 bits per heavy atom. The number of carboxylic acids is 1. The summed E-state index contributed by atoms with van der Waals surface area (Å²) < 4.78 is 5.62. The van der Waals surface area contributed by atoms with Crippen LogP contribution < -0.4 is 5.32 Å². The molecule has 1 aliphatic heterocycles. The number of rotatable bonds is 8. The molecule has 1 unspecified atom stereocenters. The first-order valence-corrected chi connectivity index (χ1v) is 12.9. The zero-order chi connectivity index (χ0) is 23.7. The minimum atomic E-state index is -0.960. The number of thioether (sulfide) groups is 1. The van der Waals surface area contributed by atoms with E-state index in [4.69, 9.17) is 4.74 Å². The number of nitrogens with one attached hydrogen (secondary N) is 1. The predicted octanol–water partition coefficient (Wildman–Crippen LogP) is 3.93. The van der Waals surface area contributed by atoms with Crippen molar-refractivity contribution in [2.75, 3.05) is 24.8 Å². The van der Waals surface area contributed by atoms with E-state index in [0.717, 1.165) is 24.0 Å². The van der Waals surface area contributed by atoms with E-state index in [1.165, 1.54) is 27.8 Å². The van der Waals surface area contributed by atoms with E-state index in [1.807, 2.05) is 24.3 Å². The van der Waals surface area contributed by atoms with Gasteiger partial charge in [0, 0.05) is 24.6 Å². The summed E-state index contributed by atoms with van der Waals surface area (Å²) in [5.41, 5.74) is 4.68. The largest absolute Gasteiger partial charge is 0.480 e. The molecule has 2 aromatic rings. The van der Waals surface area contributed by atoms with Crippen molar-refractivity contribution < 1.29 is 24.2 Å². The molecule has 2 N–H and O–H groups in total. The average Bonchev–Trinajstić information content (AvgIpc) is 3.47. The molecule has 8 heteroatoms. The molecule has 178 valence electrons. The monoisotopic (exact) mass is 480 g/mol. The first-order valence-electron chi connectivity index (χ1n) is 11.7. The fraction of sp³-hybridized carbons (Fsp3) is 0.423. The molecule has 0 bridgehead atoms. The van der Waals surface area contributed by atoms with Crippen LogP contribution in [0.2, 0.25) is 0 Å². The molecule has 7 nitrogen and oxygen atoms in total. The third kappa shape index (κ3) is 4.64. The number of carbonyl (C=O) groups is 3. The molecule has 3 aliphatic rings. The molecule has 5 rings (SSSR count). The molecule has 0 spiro atoms. The zero-order valence-electron chi connectivity index (χ0n) is 18.8. The number of aliphatic carboxylic acids is 1. The van der Waals surface area contributed by atoms with Gasteiger partial charge >= 0.3 is 12.1 Å². The van der Waals surface area contributed by atoms with Crippen molar-refractivity contribution in [3.8, 4) is 11.1 Å². The highest BCUT2D eigenvalue weighted by Gasteiger charge is 2.38. The predicted molar refractivity (Wildman–Crippen MR) is 129 cm³/mol. The van der Waals surface area contributed by atoms with Gasteiger partial charge < -0.3 is 20.1 Å². The zero-order valence-corrected chi connectivity index (χ0v) is 19.6. The summed E-state index contributed by atoms with van der Waals surface area (Å²) >= 11 is 1.46. The molecule has 2 fully saturated rings. The van der Waals surface area contributed by atoms with E-state index in [1.54, 1.807) is 0 Å². The molecule has 0 radical (unpaired) electrons. The second-order valence-corrected chi connectivity index (χ2v) is 10.2. The van der Waals surface area contributed by atoms with E-state index in [2.05, 4.69) is 29.6 Å². The highest BCUT2D eigenvalue weighted by Crippen LogP contribution is 2.44. The number of amides is 2. The first-order chi connectivity index (χ1) is 16.5. The average molecular weight is 481 g/mol. The van der Waals surface area contributed by atoms with Gasteiger partial charge in [-0.1, -0.05) is 48.5 Å². The maximum absolute atomic E-state index is 12.8.